The van der Waals surface area contributed by atoms with Crippen molar-refractivity contribution in [1.82, 2.24) is 20.9 Å². The zero-order chi connectivity index (χ0) is 20.7. The first kappa shape index (κ1) is 21.2. The second kappa shape index (κ2) is 9.72. The Morgan fingerprint density at radius 2 is 1.07 bits per heavy atom. The van der Waals surface area contributed by atoms with Gasteiger partial charge in [-0.05, 0) is 0 Å². The van der Waals surface area contributed by atoms with Crippen molar-refractivity contribution in [2.24, 2.45) is 0 Å². The molecule has 2 rings (SSSR count). The molecule has 0 aromatic heterocycles. The highest BCUT2D eigenvalue weighted by atomic mass is 32.1. The highest BCUT2D eigenvalue weighted by Crippen LogP contribution is 2.05. The van der Waals surface area contributed by atoms with Crippen molar-refractivity contribution in [3.05, 3.63) is 83.9 Å². The third-order valence-electron chi connectivity index (χ3n) is 3.74. The Bertz CT molecular complexity index is 827. The number of carbonyl (C=O) groups excluding carboxylic acids is 2. The van der Waals surface area contributed by atoms with E-state index in [1.165, 1.54) is 10.0 Å². The Morgan fingerprint density at radius 3 is 1.39 bits per heavy atom. The van der Waals surface area contributed by atoms with E-state index < -0.39 is 11.8 Å². The Kier molecular flexibility index (Phi) is 7.36. The molecule has 0 fully saturated rings. The van der Waals surface area contributed by atoms with Crippen molar-refractivity contribution in [2.45, 2.75) is 0 Å². The highest BCUT2D eigenvalue weighted by molar-refractivity contribution is 7.80. The van der Waals surface area contributed by atoms with Gasteiger partial charge >= 0.3 is 0 Å². The van der Waals surface area contributed by atoms with Crippen LogP contribution < -0.4 is 10.9 Å². The first-order chi connectivity index (χ1) is 13.3. The fourth-order valence-electron chi connectivity index (χ4n) is 2.19. The number of amides is 2. The van der Waals surface area contributed by atoms with E-state index >= 15 is 0 Å². The highest BCUT2D eigenvalue weighted by Gasteiger charge is 2.20. The lowest BCUT2D eigenvalue weighted by molar-refractivity contribution is -0.126. The summed E-state index contributed by atoms with van der Waals surface area (Å²) in [5, 5.41) is 2.73. The molecular weight excluding hydrogens is 392 g/mol. The summed E-state index contributed by atoms with van der Waals surface area (Å²) in [5.41, 5.74) is 6.33. The number of hydrogen-bond acceptors (Lipinski definition) is 4. The van der Waals surface area contributed by atoms with Gasteiger partial charge in [-0.1, -0.05) is 91.7 Å². The Labute approximate surface area is 174 Å². The molecule has 0 saturated heterocycles. The fourth-order valence-corrected chi connectivity index (χ4v) is 2.56. The molecule has 0 aliphatic rings. The van der Waals surface area contributed by atoms with Crippen LogP contribution in [0.2, 0.25) is 0 Å². The number of benzene rings is 2. The van der Waals surface area contributed by atoms with Gasteiger partial charge in [0.2, 0.25) is 0 Å². The van der Waals surface area contributed by atoms with Crippen LogP contribution in [0.3, 0.4) is 0 Å². The summed E-state index contributed by atoms with van der Waals surface area (Å²) in [5.74, 6) is -1.34. The third-order valence-corrected chi connectivity index (χ3v) is 4.76. The van der Waals surface area contributed by atoms with Crippen LogP contribution in [0.1, 0.15) is 11.1 Å². The SMILES string of the molecule is C=C(C(=O)NN(C)C(=S)c1ccccc1)C(=O)NN(C)C(=S)c1ccccc1. The summed E-state index contributed by atoms with van der Waals surface area (Å²) in [6.45, 7) is 3.56. The van der Waals surface area contributed by atoms with E-state index in [4.69, 9.17) is 24.4 Å². The van der Waals surface area contributed by atoms with Crippen LogP contribution in [-0.4, -0.2) is 45.9 Å². The van der Waals surface area contributed by atoms with Crippen LogP contribution in [0.4, 0.5) is 0 Å². The normalized spacial score (nSPS) is 9.79. The fraction of sp³-hybridized carbons (Fsp3) is 0.100. The minimum atomic E-state index is -0.669. The van der Waals surface area contributed by atoms with E-state index in [1.54, 1.807) is 14.1 Å². The van der Waals surface area contributed by atoms with Gasteiger partial charge in [0, 0.05) is 25.2 Å². The molecule has 0 heterocycles. The van der Waals surface area contributed by atoms with Crippen LogP contribution in [0.5, 0.6) is 0 Å². The van der Waals surface area contributed by atoms with Gasteiger partial charge in [0.25, 0.3) is 11.8 Å². The predicted molar refractivity (Wildman–Crippen MR) is 117 cm³/mol. The molecular formula is C20H20N4O2S2. The van der Waals surface area contributed by atoms with E-state index in [-0.39, 0.29) is 5.57 Å². The molecule has 0 radical (unpaired) electrons. The van der Waals surface area contributed by atoms with E-state index in [0.29, 0.717) is 9.98 Å². The van der Waals surface area contributed by atoms with Crippen molar-refractivity contribution < 1.29 is 9.59 Å². The van der Waals surface area contributed by atoms with Gasteiger partial charge in [-0.25, -0.2) is 0 Å². The molecule has 8 heteroatoms. The van der Waals surface area contributed by atoms with Crippen molar-refractivity contribution in [3.8, 4) is 0 Å². The third kappa shape index (κ3) is 5.45. The maximum Gasteiger partial charge on any atom is 0.274 e. The largest absolute Gasteiger partial charge is 0.277 e. The topological polar surface area (TPSA) is 64.7 Å². The maximum atomic E-state index is 12.3. The lowest BCUT2D eigenvalue weighted by Gasteiger charge is -2.23. The van der Waals surface area contributed by atoms with Gasteiger partial charge < -0.3 is 0 Å². The van der Waals surface area contributed by atoms with Crippen molar-refractivity contribution in [3.63, 3.8) is 0 Å². The quantitative estimate of drug-likeness (QED) is 0.264. The molecule has 0 aliphatic carbocycles. The summed E-state index contributed by atoms with van der Waals surface area (Å²) in [6.07, 6.45) is 0. The Hall–Kier alpha value is -3.10. The van der Waals surface area contributed by atoms with Crippen LogP contribution in [0.15, 0.2) is 72.8 Å². The number of hydrogen-bond donors (Lipinski definition) is 2. The van der Waals surface area contributed by atoms with E-state index in [0.717, 1.165) is 11.1 Å². The molecule has 0 aliphatic heterocycles. The number of carbonyl (C=O) groups is 2. The first-order valence-electron chi connectivity index (χ1n) is 8.28. The lowest BCUT2D eigenvalue weighted by atomic mass is 10.2. The van der Waals surface area contributed by atoms with Crippen molar-refractivity contribution >= 4 is 46.2 Å². The lowest BCUT2D eigenvalue weighted by Crippen LogP contribution is -2.48. The molecule has 2 aromatic rings. The Morgan fingerprint density at radius 1 is 0.750 bits per heavy atom. The monoisotopic (exact) mass is 412 g/mol. The Balaban J connectivity index is 1.93. The summed E-state index contributed by atoms with van der Waals surface area (Å²) in [7, 11) is 3.18. The molecule has 28 heavy (non-hydrogen) atoms. The summed E-state index contributed by atoms with van der Waals surface area (Å²) in [4.78, 5) is 25.5. The van der Waals surface area contributed by atoms with Gasteiger partial charge in [0.05, 0.1) is 0 Å². The molecule has 2 aromatic carbocycles. The minimum absolute atomic E-state index is 0.273. The van der Waals surface area contributed by atoms with Gasteiger partial charge in [0.1, 0.15) is 15.6 Å². The second-order valence-electron chi connectivity index (χ2n) is 5.82. The van der Waals surface area contributed by atoms with E-state index in [9.17, 15) is 9.59 Å². The standard InChI is InChI=1S/C20H20N4O2S2/c1-14(17(25)21-23(2)19(27)15-10-6-4-7-11-15)18(26)22-24(3)20(28)16-12-8-5-9-13-16/h4-13H,1H2,2-3H3,(H,21,25)(H,22,26). The number of rotatable bonds is 4. The molecule has 0 unspecified atom stereocenters. The summed E-state index contributed by atoms with van der Waals surface area (Å²) < 4.78 is 0. The van der Waals surface area contributed by atoms with Crippen LogP contribution in [-0.2, 0) is 9.59 Å². The molecule has 0 bridgehead atoms. The van der Waals surface area contributed by atoms with Gasteiger partial charge in [-0.3, -0.25) is 30.5 Å². The average Bonchev–Trinajstić information content (AvgIpc) is 2.72. The van der Waals surface area contributed by atoms with E-state index in [1.807, 2.05) is 60.7 Å². The molecule has 144 valence electrons. The van der Waals surface area contributed by atoms with Crippen LogP contribution in [0.25, 0.3) is 0 Å². The van der Waals surface area contributed by atoms with Gasteiger partial charge in [-0.2, -0.15) is 0 Å². The van der Waals surface area contributed by atoms with Crippen molar-refractivity contribution in [2.75, 3.05) is 14.1 Å². The van der Waals surface area contributed by atoms with E-state index in [2.05, 4.69) is 17.4 Å². The zero-order valence-electron chi connectivity index (χ0n) is 15.5. The predicted octanol–water partition coefficient (Wildman–Crippen LogP) is 2.22. The van der Waals surface area contributed by atoms with Crippen LogP contribution >= 0.6 is 24.4 Å². The first-order valence-corrected chi connectivity index (χ1v) is 9.10. The number of nitrogens with zero attached hydrogens (tertiary/aromatic N) is 2. The molecule has 0 atom stereocenters. The molecule has 6 nitrogen and oxygen atoms in total. The number of nitrogens with one attached hydrogen (secondary N) is 2. The molecule has 2 amide bonds. The van der Waals surface area contributed by atoms with Gasteiger partial charge in [0.15, 0.2) is 0 Å². The second-order valence-corrected chi connectivity index (χ2v) is 6.59. The molecule has 2 N–H and O–H groups in total. The maximum absolute atomic E-state index is 12.3. The summed E-state index contributed by atoms with van der Waals surface area (Å²) >= 11 is 10.7. The zero-order valence-corrected chi connectivity index (χ0v) is 17.1. The smallest absolute Gasteiger partial charge is 0.274 e. The average molecular weight is 413 g/mol. The molecule has 0 saturated carbocycles. The van der Waals surface area contributed by atoms with Crippen LogP contribution in [0, 0.1) is 0 Å². The summed E-state index contributed by atoms with van der Waals surface area (Å²) in [6, 6.07) is 18.4. The van der Waals surface area contributed by atoms with Crippen molar-refractivity contribution in [1.29, 1.82) is 0 Å². The number of hydrazine groups is 2. The van der Waals surface area contributed by atoms with Gasteiger partial charge in [-0.15, -0.1) is 0 Å². The minimum Gasteiger partial charge on any atom is -0.277 e. The molecule has 0 spiro atoms. The number of thiocarbonyl (C=S) groups is 2.